The van der Waals surface area contributed by atoms with E-state index in [2.05, 4.69) is 98.8 Å². The van der Waals surface area contributed by atoms with Gasteiger partial charge in [-0.2, -0.15) is 0 Å². The van der Waals surface area contributed by atoms with Gasteiger partial charge in [0.2, 0.25) is 0 Å². The molecule has 0 radical (unpaired) electrons. The fourth-order valence-electron chi connectivity index (χ4n) is 5.33. The number of ketones is 2. The van der Waals surface area contributed by atoms with E-state index in [9.17, 15) is 14.7 Å². The summed E-state index contributed by atoms with van der Waals surface area (Å²) < 4.78 is 0. The molecule has 3 nitrogen and oxygen atoms in total. The van der Waals surface area contributed by atoms with E-state index in [4.69, 9.17) is 0 Å². The van der Waals surface area contributed by atoms with Gasteiger partial charge >= 0.3 is 0 Å². The van der Waals surface area contributed by atoms with Crippen LogP contribution >= 0.6 is 0 Å². The first-order chi connectivity index (χ1) is 20.6. The number of hydrogen-bond donors (Lipinski definition) is 1. The van der Waals surface area contributed by atoms with Gasteiger partial charge in [-0.1, -0.05) is 89.8 Å². The molecule has 1 rings (SSSR count). The Hall–Kier alpha value is -2.94. The average Bonchev–Trinajstić information content (AvgIpc) is 2.90. The van der Waals surface area contributed by atoms with Gasteiger partial charge in [-0.15, -0.1) is 0 Å². The maximum Gasteiger partial charge on any atom is 0.180 e. The third-order valence-electron chi connectivity index (χ3n) is 8.12. The van der Waals surface area contributed by atoms with Crippen molar-refractivity contribution in [3.8, 4) is 0 Å². The van der Waals surface area contributed by atoms with E-state index < -0.39 is 5.41 Å². The highest BCUT2D eigenvalue weighted by Crippen LogP contribution is 2.43. The van der Waals surface area contributed by atoms with Gasteiger partial charge in [0, 0.05) is 6.42 Å². The Labute approximate surface area is 270 Å². The van der Waals surface area contributed by atoms with Crippen molar-refractivity contribution in [3.05, 3.63) is 92.9 Å². The lowest BCUT2D eigenvalue weighted by molar-refractivity contribution is -0.126. The van der Waals surface area contributed by atoms with Crippen LogP contribution in [0.15, 0.2) is 92.9 Å². The molecule has 0 fully saturated rings. The van der Waals surface area contributed by atoms with E-state index in [-0.39, 0.29) is 35.2 Å². The lowest BCUT2D eigenvalue weighted by Gasteiger charge is -2.34. The van der Waals surface area contributed by atoms with E-state index in [0.29, 0.717) is 24.8 Å². The Morgan fingerprint density at radius 2 is 1.11 bits per heavy atom. The monoisotopic (exact) mass is 602 g/mol. The number of carbonyl (C=O) groups excluding carboxylic acids is 2. The van der Waals surface area contributed by atoms with E-state index in [1.54, 1.807) is 0 Å². The predicted octanol–water partition coefficient (Wildman–Crippen LogP) is 12.2. The Morgan fingerprint density at radius 1 is 0.705 bits per heavy atom. The highest BCUT2D eigenvalue weighted by Gasteiger charge is 2.44. The Morgan fingerprint density at radius 3 is 1.50 bits per heavy atom. The van der Waals surface area contributed by atoms with Gasteiger partial charge in [0.05, 0.1) is 5.41 Å². The first-order valence-corrected chi connectivity index (χ1v) is 16.7. The van der Waals surface area contributed by atoms with Crippen LogP contribution in [0.2, 0.25) is 0 Å². The van der Waals surface area contributed by atoms with Crippen LogP contribution in [0, 0.1) is 11.3 Å². The van der Waals surface area contributed by atoms with Crippen LogP contribution < -0.4 is 0 Å². The third-order valence-corrected chi connectivity index (χ3v) is 8.12. The van der Waals surface area contributed by atoms with Gasteiger partial charge in [-0.25, -0.2) is 0 Å². The van der Waals surface area contributed by atoms with Crippen molar-refractivity contribution in [2.75, 3.05) is 0 Å². The molecule has 44 heavy (non-hydrogen) atoms. The van der Waals surface area contributed by atoms with Crippen LogP contribution in [-0.2, 0) is 9.59 Å². The van der Waals surface area contributed by atoms with E-state index >= 15 is 0 Å². The summed E-state index contributed by atoms with van der Waals surface area (Å²) in [7, 11) is 0. The van der Waals surface area contributed by atoms with Gasteiger partial charge in [0.1, 0.15) is 11.3 Å². The van der Waals surface area contributed by atoms with Crippen molar-refractivity contribution in [2.45, 2.75) is 140 Å². The molecule has 0 saturated heterocycles. The van der Waals surface area contributed by atoms with Gasteiger partial charge in [0.15, 0.2) is 11.6 Å². The zero-order valence-corrected chi connectivity index (χ0v) is 30.0. The number of hydrogen-bond acceptors (Lipinski definition) is 3. The molecule has 244 valence electrons. The van der Waals surface area contributed by atoms with Gasteiger partial charge < -0.3 is 5.11 Å². The van der Waals surface area contributed by atoms with E-state index in [0.717, 1.165) is 38.5 Å². The summed E-state index contributed by atoms with van der Waals surface area (Å²) in [6, 6.07) is 0. The maximum absolute atomic E-state index is 14.4. The fraction of sp³-hybridized carbons (Fsp3) is 0.561. The number of aliphatic hydroxyl groups is 1. The van der Waals surface area contributed by atoms with E-state index in [1.165, 1.54) is 33.4 Å². The van der Waals surface area contributed by atoms with Crippen molar-refractivity contribution in [2.24, 2.45) is 11.3 Å². The first-order valence-electron chi connectivity index (χ1n) is 16.7. The van der Waals surface area contributed by atoms with Crippen molar-refractivity contribution in [1.29, 1.82) is 0 Å². The first kappa shape index (κ1) is 39.1. The number of carbonyl (C=O) groups is 2. The van der Waals surface area contributed by atoms with Crippen LogP contribution in [-0.4, -0.2) is 16.7 Å². The molecule has 1 aliphatic rings. The highest BCUT2D eigenvalue weighted by molar-refractivity contribution is 6.24. The van der Waals surface area contributed by atoms with Crippen LogP contribution in [0.3, 0.4) is 0 Å². The zero-order chi connectivity index (χ0) is 33.4. The fourth-order valence-corrected chi connectivity index (χ4v) is 5.33. The number of rotatable bonds is 18. The van der Waals surface area contributed by atoms with Crippen LogP contribution in [0.1, 0.15) is 140 Å². The molecule has 0 heterocycles. The third kappa shape index (κ3) is 14.2. The van der Waals surface area contributed by atoms with Crippen molar-refractivity contribution in [1.82, 2.24) is 0 Å². The lowest BCUT2D eigenvalue weighted by Crippen LogP contribution is -2.37. The molecule has 1 N–H and O–H groups in total. The van der Waals surface area contributed by atoms with Gasteiger partial charge in [-0.05, 0) is 132 Å². The molecular formula is C41H62O3. The summed E-state index contributed by atoms with van der Waals surface area (Å²) in [5, 5.41) is 11.5. The molecule has 0 atom stereocenters. The zero-order valence-electron chi connectivity index (χ0n) is 30.0. The molecule has 3 heteroatoms. The molecule has 0 unspecified atom stereocenters. The number of Topliss-reactive ketones (excluding diaryl/α,β-unsaturated/α-hetero) is 2. The topological polar surface area (TPSA) is 54.4 Å². The molecule has 0 aromatic carbocycles. The van der Waals surface area contributed by atoms with Crippen molar-refractivity contribution < 1.29 is 14.7 Å². The molecule has 0 aliphatic heterocycles. The normalized spacial score (nSPS) is 15.8. The molecule has 1 aliphatic carbocycles. The quantitative estimate of drug-likeness (QED) is 0.125. The summed E-state index contributed by atoms with van der Waals surface area (Å²) in [5.41, 5.74) is 7.38. The van der Waals surface area contributed by atoms with Crippen molar-refractivity contribution in [3.63, 3.8) is 0 Å². The molecular weight excluding hydrogens is 540 g/mol. The smallest absolute Gasteiger partial charge is 0.180 e. The molecule has 0 amide bonds. The average molecular weight is 603 g/mol. The Bertz CT molecular complexity index is 1200. The van der Waals surface area contributed by atoms with Crippen LogP contribution in [0.25, 0.3) is 0 Å². The Balaban J connectivity index is 3.67. The van der Waals surface area contributed by atoms with Gasteiger partial charge in [0.25, 0.3) is 0 Å². The SMILES string of the molecule is CC(C)=CCC/C(C)=C/CC1=CC(C/C=C(\C)CCC=C(C)C)(C/C=C(\C)CCC=C(C)C)C(=O)C(C(=O)CC(C)C)=C1O. The second-order valence-electron chi connectivity index (χ2n) is 14.1. The molecule has 0 aromatic rings. The molecule has 0 saturated carbocycles. The van der Waals surface area contributed by atoms with Crippen molar-refractivity contribution >= 4 is 11.6 Å². The minimum Gasteiger partial charge on any atom is -0.507 e. The summed E-state index contributed by atoms with van der Waals surface area (Å²) in [6.45, 7) is 23.0. The van der Waals surface area contributed by atoms with Crippen LogP contribution in [0.4, 0.5) is 0 Å². The number of aliphatic hydroxyl groups excluding tert-OH is 1. The standard InChI is InChI=1S/C41H62O3/c1-29(2)15-12-18-33(9)21-22-36-28-41(25-23-34(10)19-13-16-30(3)4,26-24-35(11)20-14-17-31(5)6)40(44)38(39(36)43)37(42)27-32(7)8/h15-17,21,23-24,28,32,43H,12-14,18-20,22,25-27H2,1-11H3/b33-21+,34-23+,35-24+. The molecule has 0 spiro atoms. The summed E-state index contributed by atoms with van der Waals surface area (Å²) in [6.07, 6.45) is 22.7. The Kier molecular flexibility index (Phi) is 17.3. The van der Waals surface area contributed by atoms with E-state index in [1.807, 2.05) is 19.9 Å². The summed E-state index contributed by atoms with van der Waals surface area (Å²) in [5.74, 6) is -0.533. The van der Waals surface area contributed by atoms with Gasteiger partial charge in [-0.3, -0.25) is 9.59 Å². The lowest BCUT2D eigenvalue weighted by atomic mass is 9.68. The minimum atomic E-state index is -0.914. The second kappa shape index (κ2) is 19.4. The summed E-state index contributed by atoms with van der Waals surface area (Å²) in [4.78, 5) is 28.0. The minimum absolute atomic E-state index is 0.00187. The number of allylic oxidation sites excluding steroid dienone is 15. The maximum atomic E-state index is 14.4. The predicted molar refractivity (Wildman–Crippen MR) is 191 cm³/mol. The molecule has 0 aromatic heterocycles. The van der Waals surface area contributed by atoms with Crippen LogP contribution in [0.5, 0.6) is 0 Å². The summed E-state index contributed by atoms with van der Waals surface area (Å²) >= 11 is 0. The highest BCUT2D eigenvalue weighted by atomic mass is 16.3. The largest absolute Gasteiger partial charge is 0.507 e. The second-order valence-corrected chi connectivity index (χ2v) is 14.1. The molecule has 0 bridgehead atoms.